The van der Waals surface area contributed by atoms with Crippen molar-refractivity contribution in [3.05, 3.63) is 34.3 Å². The second-order valence-electron chi connectivity index (χ2n) is 7.24. The van der Waals surface area contributed by atoms with E-state index in [1.165, 1.54) is 0 Å². The number of carbonyl (C=O) groups excluding carboxylic acids is 3. The van der Waals surface area contributed by atoms with Crippen molar-refractivity contribution in [2.45, 2.75) is 38.6 Å². The van der Waals surface area contributed by atoms with Crippen LogP contribution in [0.3, 0.4) is 0 Å². The molecule has 0 radical (unpaired) electrons. The lowest BCUT2D eigenvalue weighted by atomic mass is 9.92. The topological polar surface area (TPSA) is 69.7 Å². The molecule has 0 bridgehead atoms. The van der Waals surface area contributed by atoms with Crippen molar-refractivity contribution in [1.29, 1.82) is 0 Å². The summed E-state index contributed by atoms with van der Waals surface area (Å²) in [4.78, 5) is 40.9. The number of halogens is 1. The zero-order valence-corrected chi connectivity index (χ0v) is 16.7. The van der Waals surface area contributed by atoms with Crippen LogP contribution >= 0.6 is 15.9 Å². The van der Waals surface area contributed by atoms with E-state index < -0.39 is 17.5 Å². The summed E-state index contributed by atoms with van der Waals surface area (Å²) < 4.78 is 0.825. The van der Waals surface area contributed by atoms with Gasteiger partial charge in [-0.15, -0.1) is 0 Å². The van der Waals surface area contributed by atoms with Crippen LogP contribution < -0.4 is 5.32 Å². The number of nitrogens with one attached hydrogen (secondary N) is 1. The van der Waals surface area contributed by atoms with Gasteiger partial charge in [-0.2, -0.15) is 0 Å². The van der Waals surface area contributed by atoms with Crippen LogP contribution in [0.5, 0.6) is 0 Å². The van der Waals surface area contributed by atoms with Crippen molar-refractivity contribution in [1.82, 2.24) is 15.1 Å². The van der Waals surface area contributed by atoms with Crippen molar-refractivity contribution in [2.75, 3.05) is 19.6 Å². The molecule has 0 aromatic heterocycles. The maximum atomic E-state index is 13.0. The van der Waals surface area contributed by atoms with Crippen LogP contribution in [-0.4, -0.2) is 47.3 Å². The Morgan fingerprint density at radius 1 is 1.38 bits per heavy atom. The normalized spacial score (nSPS) is 22.5. The third kappa shape index (κ3) is 3.77. The summed E-state index contributed by atoms with van der Waals surface area (Å²) in [6.45, 7) is 4.86. The number of rotatable bonds is 7. The van der Waals surface area contributed by atoms with Crippen LogP contribution in [0.25, 0.3) is 0 Å². The maximum Gasteiger partial charge on any atom is 0.325 e. The Bertz CT molecular complexity index is 734. The highest BCUT2D eigenvalue weighted by atomic mass is 79.9. The molecule has 2 aliphatic rings. The Balaban J connectivity index is 1.75. The lowest BCUT2D eigenvalue weighted by Gasteiger charge is -2.25. The summed E-state index contributed by atoms with van der Waals surface area (Å²) >= 11 is 3.39. The van der Waals surface area contributed by atoms with Crippen LogP contribution in [0.1, 0.15) is 38.7 Å². The highest BCUT2D eigenvalue weighted by Crippen LogP contribution is 2.31. The minimum atomic E-state index is -1.16. The van der Waals surface area contributed by atoms with Crippen LogP contribution in [0.4, 0.5) is 4.79 Å². The van der Waals surface area contributed by atoms with Gasteiger partial charge in [0.15, 0.2) is 0 Å². The standard InChI is InChI=1S/C19H24BrN3O3/c1-3-9-22(11-13-7-8-13)16(24)12-23-17(25)19(2,21-18(23)26)14-5-4-6-15(20)10-14/h4-6,10,13H,3,7-9,11-12H2,1-2H3,(H,21,26)/t19-/m1/s1. The predicted octanol–water partition coefficient (Wildman–Crippen LogP) is 2.86. The molecule has 1 N–H and O–H groups in total. The lowest BCUT2D eigenvalue weighted by Crippen LogP contribution is -2.45. The van der Waals surface area contributed by atoms with E-state index in [1.807, 2.05) is 19.1 Å². The van der Waals surface area contributed by atoms with Crippen molar-refractivity contribution >= 4 is 33.8 Å². The molecule has 6 nitrogen and oxygen atoms in total. The Morgan fingerprint density at radius 2 is 2.12 bits per heavy atom. The molecule has 0 unspecified atom stereocenters. The highest BCUT2D eigenvalue weighted by Gasteiger charge is 2.49. The molecule has 0 spiro atoms. The van der Waals surface area contributed by atoms with Gasteiger partial charge in [0.25, 0.3) is 5.91 Å². The van der Waals surface area contributed by atoms with E-state index in [1.54, 1.807) is 24.0 Å². The van der Waals surface area contributed by atoms with Gasteiger partial charge in [0, 0.05) is 17.6 Å². The second-order valence-corrected chi connectivity index (χ2v) is 8.16. The van der Waals surface area contributed by atoms with Crippen molar-refractivity contribution < 1.29 is 14.4 Å². The summed E-state index contributed by atoms with van der Waals surface area (Å²) in [5, 5.41) is 2.75. The van der Waals surface area contributed by atoms with Gasteiger partial charge in [-0.05, 0) is 49.8 Å². The van der Waals surface area contributed by atoms with Crippen molar-refractivity contribution in [2.24, 2.45) is 5.92 Å². The molecule has 1 saturated heterocycles. The molecule has 1 aliphatic heterocycles. The molecule has 7 heteroatoms. The Hall–Kier alpha value is -1.89. The highest BCUT2D eigenvalue weighted by molar-refractivity contribution is 9.10. The molecule has 1 aliphatic carbocycles. The Labute approximate surface area is 162 Å². The number of urea groups is 1. The molecule has 1 saturated carbocycles. The molecule has 1 atom stereocenters. The number of hydrogen-bond acceptors (Lipinski definition) is 3. The molecular weight excluding hydrogens is 398 g/mol. The van der Waals surface area contributed by atoms with Crippen LogP contribution in [0.2, 0.25) is 0 Å². The first-order chi connectivity index (χ1) is 12.3. The van der Waals surface area contributed by atoms with Gasteiger partial charge < -0.3 is 10.2 Å². The van der Waals surface area contributed by atoms with Gasteiger partial charge in [0.05, 0.1) is 0 Å². The summed E-state index contributed by atoms with van der Waals surface area (Å²) in [5.74, 6) is 0.0121. The first-order valence-electron chi connectivity index (χ1n) is 9.03. The Morgan fingerprint density at radius 3 is 2.73 bits per heavy atom. The van der Waals surface area contributed by atoms with Gasteiger partial charge in [-0.1, -0.05) is 35.0 Å². The first-order valence-corrected chi connectivity index (χ1v) is 9.82. The maximum absolute atomic E-state index is 13.0. The number of nitrogens with zero attached hydrogens (tertiary/aromatic N) is 2. The van der Waals surface area contributed by atoms with Gasteiger partial charge in [0.2, 0.25) is 5.91 Å². The fourth-order valence-corrected chi connectivity index (χ4v) is 3.67. The van der Waals surface area contributed by atoms with Gasteiger partial charge >= 0.3 is 6.03 Å². The minimum Gasteiger partial charge on any atom is -0.341 e. The van der Waals surface area contributed by atoms with Crippen LogP contribution in [0, 0.1) is 5.92 Å². The SMILES string of the molecule is CCCN(CC1CC1)C(=O)CN1C(=O)N[C@](C)(c2cccc(Br)c2)C1=O. The molecule has 3 rings (SSSR count). The van der Waals surface area contributed by atoms with Gasteiger partial charge in [-0.25, -0.2) is 4.79 Å². The Kier molecular flexibility index (Phi) is 5.37. The second kappa shape index (κ2) is 7.39. The summed E-state index contributed by atoms with van der Waals surface area (Å²) in [7, 11) is 0. The van der Waals surface area contributed by atoms with E-state index >= 15 is 0 Å². The molecule has 1 aromatic carbocycles. The molecule has 140 valence electrons. The number of benzene rings is 1. The summed E-state index contributed by atoms with van der Waals surface area (Å²) in [6, 6.07) is 6.76. The summed E-state index contributed by atoms with van der Waals surface area (Å²) in [5.41, 5.74) is -0.476. The van der Waals surface area contributed by atoms with Crippen molar-refractivity contribution in [3.8, 4) is 0 Å². The van der Waals surface area contributed by atoms with Gasteiger partial charge in [0.1, 0.15) is 12.1 Å². The van der Waals surface area contributed by atoms with E-state index in [2.05, 4.69) is 21.2 Å². The fourth-order valence-electron chi connectivity index (χ4n) is 3.27. The molecule has 26 heavy (non-hydrogen) atoms. The first kappa shape index (κ1) is 18.9. The summed E-state index contributed by atoms with van der Waals surface area (Å²) in [6.07, 6.45) is 3.16. The number of imide groups is 1. The smallest absolute Gasteiger partial charge is 0.325 e. The van der Waals surface area contributed by atoms with E-state index in [0.717, 1.165) is 35.2 Å². The fraction of sp³-hybridized carbons (Fsp3) is 0.526. The zero-order chi connectivity index (χ0) is 18.9. The number of hydrogen-bond donors (Lipinski definition) is 1. The molecular formula is C19H24BrN3O3. The third-order valence-corrected chi connectivity index (χ3v) is 5.49. The lowest BCUT2D eigenvalue weighted by molar-refractivity contribution is -0.139. The van der Waals surface area contributed by atoms with Crippen molar-refractivity contribution in [3.63, 3.8) is 0 Å². The zero-order valence-electron chi connectivity index (χ0n) is 15.1. The minimum absolute atomic E-state index is 0.166. The predicted molar refractivity (Wildman–Crippen MR) is 101 cm³/mol. The van der Waals surface area contributed by atoms with E-state index in [-0.39, 0.29) is 12.5 Å². The third-order valence-electron chi connectivity index (χ3n) is 4.99. The monoisotopic (exact) mass is 421 g/mol. The average Bonchev–Trinajstić information content (AvgIpc) is 3.38. The molecule has 1 aromatic rings. The number of carbonyl (C=O) groups is 3. The largest absolute Gasteiger partial charge is 0.341 e. The van der Waals surface area contributed by atoms with E-state index in [0.29, 0.717) is 18.0 Å². The van der Waals surface area contributed by atoms with Crippen LogP contribution in [-0.2, 0) is 15.1 Å². The number of amides is 4. The van der Waals surface area contributed by atoms with Crippen LogP contribution in [0.15, 0.2) is 28.7 Å². The van der Waals surface area contributed by atoms with E-state index in [4.69, 9.17) is 0 Å². The molecule has 4 amide bonds. The van der Waals surface area contributed by atoms with E-state index in [9.17, 15) is 14.4 Å². The molecule has 2 fully saturated rings. The van der Waals surface area contributed by atoms with Gasteiger partial charge in [-0.3, -0.25) is 14.5 Å². The quantitative estimate of drug-likeness (QED) is 0.688. The average molecular weight is 422 g/mol. The molecule has 1 heterocycles.